The van der Waals surface area contributed by atoms with Crippen molar-refractivity contribution in [2.45, 2.75) is 13.5 Å². The SMILES string of the molecule is CCN(CCO)Cc1cc(N(N)C(N)=O)ccc1N(N)C(N)=O. The lowest BCUT2D eigenvalue weighted by Gasteiger charge is -2.25. The van der Waals surface area contributed by atoms with Gasteiger partial charge >= 0.3 is 12.1 Å². The number of amides is 4. The summed E-state index contributed by atoms with van der Waals surface area (Å²) >= 11 is 0. The third kappa shape index (κ3) is 4.79. The average molecular weight is 325 g/mol. The number of urea groups is 2. The zero-order chi connectivity index (χ0) is 17.6. The number of hydrazine groups is 2. The number of nitrogens with two attached hydrogens (primary N) is 4. The van der Waals surface area contributed by atoms with E-state index in [0.717, 1.165) is 10.0 Å². The molecule has 0 aliphatic carbocycles. The molecule has 0 aliphatic rings. The molecule has 0 atom stereocenters. The summed E-state index contributed by atoms with van der Waals surface area (Å²) in [5.41, 5.74) is 11.7. The number of aliphatic hydroxyl groups is 1. The molecule has 10 heteroatoms. The molecule has 0 bridgehead atoms. The Hall–Kier alpha value is -2.40. The van der Waals surface area contributed by atoms with Gasteiger partial charge in [0.2, 0.25) is 0 Å². The molecule has 0 saturated heterocycles. The maximum atomic E-state index is 11.3. The summed E-state index contributed by atoms with van der Waals surface area (Å²) in [5.74, 6) is 11.3. The van der Waals surface area contributed by atoms with E-state index in [4.69, 9.17) is 28.3 Å². The van der Waals surface area contributed by atoms with Gasteiger partial charge in [-0.2, -0.15) is 0 Å². The summed E-state index contributed by atoms with van der Waals surface area (Å²) < 4.78 is 0. The molecule has 0 spiro atoms. The minimum Gasteiger partial charge on any atom is -0.395 e. The molecule has 0 unspecified atom stereocenters. The second kappa shape index (κ2) is 8.29. The number of primary amides is 2. The van der Waals surface area contributed by atoms with Crippen LogP contribution in [0.4, 0.5) is 21.0 Å². The van der Waals surface area contributed by atoms with E-state index >= 15 is 0 Å². The lowest BCUT2D eigenvalue weighted by molar-refractivity contribution is 0.197. The second-order valence-electron chi connectivity index (χ2n) is 4.82. The van der Waals surface area contributed by atoms with Crippen molar-refractivity contribution in [3.63, 3.8) is 0 Å². The summed E-state index contributed by atoms with van der Waals surface area (Å²) in [6.07, 6.45) is 0. The van der Waals surface area contributed by atoms with Crippen molar-refractivity contribution < 1.29 is 14.7 Å². The van der Waals surface area contributed by atoms with Crippen LogP contribution in [0.5, 0.6) is 0 Å². The molecular formula is C13H23N7O3. The van der Waals surface area contributed by atoms with Gasteiger partial charge in [-0.1, -0.05) is 6.92 Å². The van der Waals surface area contributed by atoms with Gasteiger partial charge in [-0.3, -0.25) is 4.90 Å². The van der Waals surface area contributed by atoms with Crippen molar-refractivity contribution in [3.8, 4) is 0 Å². The molecule has 4 amide bonds. The van der Waals surface area contributed by atoms with Crippen LogP contribution in [-0.4, -0.2) is 41.8 Å². The molecule has 9 N–H and O–H groups in total. The lowest BCUT2D eigenvalue weighted by Crippen LogP contribution is -2.43. The van der Waals surface area contributed by atoms with Gasteiger partial charge in [-0.05, 0) is 30.3 Å². The largest absolute Gasteiger partial charge is 0.395 e. The number of aliphatic hydroxyl groups excluding tert-OH is 1. The number of anilines is 2. The van der Waals surface area contributed by atoms with Crippen LogP contribution in [0.2, 0.25) is 0 Å². The van der Waals surface area contributed by atoms with E-state index in [1.54, 1.807) is 6.07 Å². The second-order valence-corrected chi connectivity index (χ2v) is 4.82. The third-order valence-corrected chi connectivity index (χ3v) is 3.33. The van der Waals surface area contributed by atoms with Crippen LogP contribution in [0.15, 0.2) is 18.2 Å². The van der Waals surface area contributed by atoms with Gasteiger partial charge in [-0.15, -0.1) is 0 Å². The molecule has 23 heavy (non-hydrogen) atoms. The smallest absolute Gasteiger partial charge is 0.333 e. The number of likely N-dealkylation sites (N-methyl/N-ethyl adjacent to an activating group) is 1. The highest BCUT2D eigenvalue weighted by molar-refractivity contribution is 5.92. The highest BCUT2D eigenvalue weighted by atomic mass is 16.3. The molecule has 1 aromatic carbocycles. The Morgan fingerprint density at radius 2 is 1.74 bits per heavy atom. The van der Waals surface area contributed by atoms with Crippen LogP contribution in [0.1, 0.15) is 12.5 Å². The fourth-order valence-electron chi connectivity index (χ4n) is 2.06. The monoisotopic (exact) mass is 325 g/mol. The summed E-state index contributed by atoms with van der Waals surface area (Å²) in [4.78, 5) is 24.4. The first kappa shape index (κ1) is 18.6. The Morgan fingerprint density at radius 3 is 2.22 bits per heavy atom. The van der Waals surface area contributed by atoms with E-state index in [1.807, 2.05) is 11.8 Å². The van der Waals surface area contributed by atoms with Gasteiger partial charge < -0.3 is 16.6 Å². The van der Waals surface area contributed by atoms with Crippen LogP contribution in [-0.2, 0) is 6.54 Å². The van der Waals surface area contributed by atoms with E-state index in [0.29, 0.717) is 36.6 Å². The van der Waals surface area contributed by atoms with Gasteiger partial charge in [-0.25, -0.2) is 31.3 Å². The molecule has 0 fully saturated rings. The zero-order valence-corrected chi connectivity index (χ0v) is 13.0. The van der Waals surface area contributed by atoms with Gasteiger partial charge in [0.25, 0.3) is 0 Å². The van der Waals surface area contributed by atoms with Crippen molar-refractivity contribution in [3.05, 3.63) is 23.8 Å². The highest BCUT2D eigenvalue weighted by Gasteiger charge is 2.17. The molecule has 0 aromatic heterocycles. The first-order chi connectivity index (χ1) is 10.8. The number of benzene rings is 1. The first-order valence-corrected chi connectivity index (χ1v) is 6.96. The quantitative estimate of drug-likeness (QED) is 0.245. The number of carbonyl (C=O) groups is 2. The van der Waals surface area contributed by atoms with Crippen LogP contribution >= 0.6 is 0 Å². The number of hydrogen-bond donors (Lipinski definition) is 5. The fourth-order valence-corrected chi connectivity index (χ4v) is 2.06. The van der Waals surface area contributed by atoms with Crippen molar-refractivity contribution in [2.75, 3.05) is 29.7 Å². The Balaban J connectivity index is 3.25. The van der Waals surface area contributed by atoms with E-state index in [2.05, 4.69) is 0 Å². The van der Waals surface area contributed by atoms with Crippen LogP contribution < -0.4 is 33.2 Å². The molecule has 0 heterocycles. The van der Waals surface area contributed by atoms with Gasteiger partial charge in [0.1, 0.15) is 0 Å². The molecule has 1 rings (SSSR count). The van der Waals surface area contributed by atoms with Crippen molar-refractivity contribution >= 4 is 23.4 Å². The molecular weight excluding hydrogens is 302 g/mol. The number of rotatable bonds is 7. The van der Waals surface area contributed by atoms with Crippen LogP contribution in [0.3, 0.4) is 0 Å². The summed E-state index contributed by atoms with van der Waals surface area (Å²) in [5, 5.41) is 10.7. The summed E-state index contributed by atoms with van der Waals surface area (Å²) in [7, 11) is 0. The predicted molar refractivity (Wildman–Crippen MR) is 87.0 cm³/mol. The van der Waals surface area contributed by atoms with Crippen molar-refractivity contribution in [2.24, 2.45) is 23.2 Å². The van der Waals surface area contributed by atoms with Gasteiger partial charge in [0, 0.05) is 13.1 Å². The number of hydrogen-bond acceptors (Lipinski definition) is 6. The van der Waals surface area contributed by atoms with Crippen molar-refractivity contribution in [1.29, 1.82) is 0 Å². The Bertz CT molecular complexity index is 566. The molecule has 0 radical (unpaired) electrons. The average Bonchev–Trinajstić information content (AvgIpc) is 2.52. The standard InChI is InChI=1S/C13H23N7O3/c1-2-18(5-6-21)8-9-7-10(19(16)12(14)22)3-4-11(9)20(17)13(15)23/h3-4,7,21H,2,5-6,8,16-17H2,1H3,(H2,14,22)(H2,15,23). The Kier molecular flexibility index (Phi) is 6.72. The van der Waals surface area contributed by atoms with E-state index in [1.165, 1.54) is 12.1 Å². The first-order valence-electron chi connectivity index (χ1n) is 6.96. The molecule has 0 saturated carbocycles. The minimum absolute atomic E-state index is 0.0185. The Morgan fingerprint density at radius 1 is 1.13 bits per heavy atom. The van der Waals surface area contributed by atoms with Gasteiger partial charge in [0.15, 0.2) is 0 Å². The van der Waals surface area contributed by atoms with Crippen molar-refractivity contribution in [1.82, 2.24) is 4.90 Å². The van der Waals surface area contributed by atoms with E-state index < -0.39 is 12.1 Å². The van der Waals surface area contributed by atoms with Crippen LogP contribution in [0, 0.1) is 0 Å². The molecule has 0 aliphatic heterocycles. The highest BCUT2D eigenvalue weighted by Crippen LogP contribution is 2.25. The topological polar surface area (TPSA) is 168 Å². The normalized spacial score (nSPS) is 10.7. The third-order valence-electron chi connectivity index (χ3n) is 3.33. The molecule has 10 nitrogen and oxygen atoms in total. The molecule has 128 valence electrons. The fraction of sp³-hybridized carbons (Fsp3) is 0.385. The maximum Gasteiger partial charge on any atom is 0.333 e. The summed E-state index contributed by atoms with van der Waals surface area (Å²) in [6, 6.07) is 2.94. The zero-order valence-electron chi connectivity index (χ0n) is 13.0. The lowest BCUT2D eigenvalue weighted by atomic mass is 10.1. The van der Waals surface area contributed by atoms with Gasteiger partial charge in [0.05, 0.1) is 18.0 Å². The van der Waals surface area contributed by atoms with Crippen LogP contribution in [0.25, 0.3) is 0 Å². The maximum absolute atomic E-state index is 11.3. The minimum atomic E-state index is -0.830. The molecule has 1 aromatic rings. The number of nitrogens with zero attached hydrogens (tertiary/aromatic N) is 3. The predicted octanol–water partition coefficient (Wildman–Crippen LogP) is -0.982. The van der Waals surface area contributed by atoms with E-state index in [9.17, 15) is 9.59 Å². The summed E-state index contributed by atoms with van der Waals surface area (Å²) in [6.45, 7) is 3.37. The number of carbonyl (C=O) groups excluding carboxylic acids is 2. The Labute approximate surface area is 134 Å². The van der Waals surface area contributed by atoms with E-state index in [-0.39, 0.29) is 6.61 Å².